The average molecular weight is 316 g/mol. The fraction of sp³-hybridized carbons (Fsp3) is 0.789. The van der Waals surface area contributed by atoms with E-state index in [4.69, 9.17) is 9.47 Å². The van der Waals surface area contributed by atoms with Gasteiger partial charge < -0.3 is 9.47 Å². The number of carbonyl (C=O) groups is 2. The molecule has 0 aromatic carbocycles. The number of ether oxygens (including phenoxy) is 2. The highest BCUT2D eigenvalue weighted by Gasteiger charge is 2.62. The summed E-state index contributed by atoms with van der Waals surface area (Å²) in [5.74, 6) is 4.24. The lowest BCUT2D eigenvalue weighted by Crippen LogP contribution is -2.36. The lowest BCUT2D eigenvalue weighted by Gasteiger charge is -2.35. The molecule has 124 valence electrons. The largest absolute Gasteiger partial charge is 0.462 e. The quantitative estimate of drug-likeness (QED) is 0.456. The van der Waals surface area contributed by atoms with Gasteiger partial charge in [0.15, 0.2) is 0 Å². The van der Waals surface area contributed by atoms with Gasteiger partial charge in [-0.25, -0.2) is 0 Å². The molecule has 0 aromatic heterocycles. The van der Waals surface area contributed by atoms with Crippen molar-refractivity contribution < 1.29 is 19.1 Å². The molecule has 4 nitrogen and oxygen atoms in total. The standard InChI is InChI=1S/C19H24O4/c20-16-3-1-2-13(23-16)9-22-19(21)15-8-12-7-14(15)18-11-5-4-10(6-11)17(12)18/h4-5,10-15,17-18H,1-3,6-9H2. The van der Waals surface area contributed by atoms with E-state index in [0.29, 0.717) is 12.3 Å². The van der Waals surface area contributed by atoms with E-state index in [-0.39, 0.29) is 30.6 Å². The maximum absolute atomic E-state index is 12.6. The van der Waals surface area contributed by atoms with E-state index in [2.05, 4.69) is 12.2 Å². The zero-order valence-corrected chi connectivity index (χ0v) is 13.4. The van der Waals surface area contributed by atoms with E-state index in [1.54, 1.807) is 0 Å². The minimum absolute atomic E-state index is 0.0377. The average Bonchev–Trinajstić information content (AvgIpc) is 3.29. The van der Waals surface area contributed by atoms with E-state index in [0.717, 1.165) is 48.9 Å². The van der Waals surface area contributed by atoms with Gasteiger partial charge >= 0.3 is 11.9 Å². The molecule has 1 aliphatic heterocycles. The molecule has 5 aliphatic rings. The number of hydrogen-bond acceptors (Lipinski definition) is 4. The third kappa shape index (κ3) is 2.10. The molecule has 5 rings (SSSR count). The molecule has 23 heavy (non-hydrogen) atoms. The number of carbonyl (C=O) groups excluding carboxylic acids is 2. The summed E-state index contributed by atoms with van der Waals surface area (Å²) >= 11 is 0. The molecule has 4 heteroatoms. The molecule has 4 aliphatic carbocycles. The molecular formula is C19H24O4. The molecule has 0 N–H and O–H groups in total. The van der Waals surface area contributed by atoms with Gasteiger partial charge in [-0.15, -0.1) is 0 Å². The van der Waals surface area contributed by atoms with Crippen molar-refractivity contribution in [2.75, 3.05) is 6.61 Å². The van der Waals surface area contributed by atoms with E-state index >= 15 is 0 Å². The van der Waals surface area contributed by atoms with E-state index in [1.165, 1.54) is 12.8 Å². The second-order valence-electron chi connectivity index (χ2n) is 8.24. The summed E-state index contributed by atoms with van der Waals surface area (Å²) in [5, 5.41) is 0. The summed E-state index contributed by atoms with van der Waals surface area (Å²) in [6, 6.07) is 0. The Balaban J connectivity index is 1.21. The van der Waals surface area contributed by atoms with Gasteiger partial charge in [0.1, 0.15) is 12.7 Å². The molecule has 4 bridgehead atoms. The van der Waals surface area contributed by atoms with Gasteiger partial charge in [0.05, 0.1) is 5.92 Å². The summed E-state index contributed by atoms with van der Waals surface area (Å²) in [4.78, 5) is 23.9. The van der Waals surface area contributed by atoms with Crippen molar-refractivity contribution in [2.24, 2.45) is 41.4 Å². The predicted octanol–water partition coefficient (Wildman–Crippen LogP) is 2.72. The van der Waals surface area contributed by atoms with Crippen LogP contribution in [0.15, 0.2) is 12.2 Å². The topological polar surface area (TPSA) is 52.6 Å². The Bertz CT molecular complexity index is 568. The molecule has 0 amide bonds. The Hall–Kier alpha value is -1.32. The van der Waals surface area contributed by atoms with Crippen LogP contribution in [0.5, 0.6) is 0 Å². The first-order chi connectivity index (χ1) is 11.2. The second-order valence-corrected chi connectivity index (χ2v) is 8.24. The van der Waals surface area contributed by atoms with Crippen LogP contribution in [0.4, 0.5) is 0 Å². The number of rotatable bonds is 3. The molecule has 0 radical (unpaired) electrons. The van der Waals surface area contributed by atoms with Crippen LogP contribution in [0.2, 0.25) is 0 Å². The summed E-state index contributed by atoms with van der Waals surface area (Å²) in [5.41, 5.74) is 0. The molecule has 3 saturated carbocycles. The lowest BCUT2D eigenvalue weighted by atomic mass is 9.69. The van der Waals surface area contributed by atoms with Gasteiger partial charge in [0, 0.05) is 6.42 Å². The fourth-order valence-electron chi connectivity index (χ4n) is 6.46. The van der Waals surface area contributed by atoms with Gasteiger partial charge in [-0.05, 0) is 67.6 Å². The summed E-state index contributed by atoms with van der Waals surface area (Å²) in [6.45, 7) is 0.249. The first kappa shape index (κ1) is 14.1. The normalized spacial score (nSPS) is 49.3. The van der Waals surface area contributed by atoms with E-state index < -0.39 is 0 Å². The number of cyclic esters (lactones) is 1. The van der Waals surface area contributed by atoms with Crippen LogP contribution in [0, 0.1) is 41.4 Å². The molecule has 0 spiro atoms. The van der Waals surface area contributed by atoms with Crippen molar-refractivity contribution in [3.63, 3.8) is 0 Å². The summed E-state index contributed by atoms with van der Waals surface area (Å²) < 4.78 is 10.8. The van der Waals surface area contributed by atoms with Crippen LogP contribution < -0.4 is 0 Å². The Labute approximate surface area is 136 Å². The number of allylic oxidation sites excluding steroid dienone is 2. The van der Waals surface area contributed by atoms with Crippen LogP contribution in [-0.2, 0) is 19.1 Å². The minimum atomic E-state index is -0.225. The minimum Gasteiger partial charge on any atom is -0.462 e. The first-order valence-electron chi connectivity index (χ1n) is 9.25. The smallest absolute Gasteiger partial charge is 0.309 e. The highest BCUT2D eigenvalue weighted by Crippen LogP contribution is 2.67. The summed E-state index contributed by atoms with van der Waals surface area (Å²) in [7, 11) is 0. The van der Waals surface area contributed by atoms with Gasteiger partial charge in [-0.1, -0.05) is 12.2 Å². The zero-order valence-electron chi connectivity index (χ0n) is 13.4. The van der Waals surface area contributed by atoms with Crippen molar-refractivity contribution in [1.82, 2.24) is 0 Å². The van der Waals surface area contributed by atoms with Crippen LogP contribution in [0.1, 0.15) is 38.5 Å². The fourth-order valence-corrected chi connectivity index (χ4v) is 6.46. The van der Waals surface area contributed by atoms with Crippen molar-refractivity contribution >= 4 is 11.9 Å². The molecule has 8 atom stereocenters. The first-order valence-corrected chi connectivity index (χ1v) is 9.25. The Morgan fingerprint density at radius 2 is 2.00 bits per heavy atom. The number of esters is 2. The third-order valence-electron chi connectivity index (χ3n) is 7.19. The van der Waals surface area contributed by atoms with Crippen LogP contribution >= 0.6 is 0 Å². The number of fused-ring (bicyclic) bond motifs is 9. The molecule has 4 fully saturated rings. The Kier molecular flexibility index (Phi) is 3.11. The van der Waals surface area contributed by atoms with Crippen molar-refractivity contribution in [1.29, 1.82) is 0 Å². The molecule has 1 saturated heterocycles. The van der Waals surface area contributed by atoms with Crippen molar-refractivity contribution in [3.05, 3.63) is 12.2 Å². The predicted molar refractivity (Wildman–Crippen MR) is 82.1 cm³/mol. The van der Waals surface area contributed by atoms with Crippen molar-refractivity contribution in [2.45, 2.75) is 44.6 Å². The molecule has 8 unspecified atom stereocenters. The van der Waals surface area contributed by atoms with Crippen molar-refractivity contribution in [3.8, 4) is 0 Å². The van der Waals surface area contributed by atoms with Crippen LogP contribution in [-0.4, -0.2) is 24.6 Å². The van der Waals surface area contributed by atoms with E-state index in [9.17, 15) is 9.59 Å². The Morgan fingerprint density at radius 1 is 1.17 bits per heavy atom. The van der Waals surface area contributed by atoms with Crippen LogP contribution in [0.3, 0.4) is 0 Å². The maximum atomic E-state index is 12.6. The van der Waals surface area contributed by atoms with E-state index in [1.807, 2.05) is 0 Å². The van der Waals surface area contributed by atoms with Crippen LogP contribution in [0.25, 0.3) is 0 Å². The highest BCUT2D eigenvalue weighted by molar-refractivity contribution is 5.74. The zero-order chi connectivity index (χ0) is 15.6. The van der Waals surface area contributed by atoms with Gasteiger partial charge in [-0.2, -0.15) is 0 Å². The SMILES string of the molecule is O=C1CCCC(COC(=O)C2CC3CC2C2C4C=CC(C4)C32)O1. The second kappa shape index (κ2) is 5.09. The Morgan fingerprint density at radius 3 is 2.83 bits per heavy atom. The molecular weight excluding hydrogens is 292 g/mol. The van der Waals surface area contributed by atoms with Gasteiger partial charge in [-0.3, -0.25) is 9.59 Å². The summed E-state index contributed by atoms with van der Waals surface area (Å²) in [6.07, 6.45) is 10.3. The monoisotopic (exact) mass is 316 g/mol. The lowest BCUT2D eigenvalue weighted by molar-refractivity contribution is -0.166. The molecule has 0 aromatic rings. The number of hydrogen-bond donors (Lipinski definition) is 0. The third-order valence-corrected chi connectivity index (χ3v) is 7.19. The maximum Gasteiger partial charge on any atom is 0.309 e. The van der Waals surface area contributed by atoms with Gasteiger partial charge in [0.25, 0.3) is 0 Å². The molecule has 1 heterocycles. The van der Waals surface area contributed by atoms with Gasteiger partial charge in [0.2, 0.25) is 0 Å². The highest BCUT2D eigenvalue weighted by atomic mass is 16.6.